The van der Waals surface area contributed by atoms with E-state index >= 15 is 0 Å². The van der Waals surface area contributed by atoms with Crippen molar-refractivity contribution in [2.45, 2.75) is 25.9 Å². The molecule has 5 nitrogen and oxygen atoms in total. The molecule has 2 aromatic rings. The van der Waals surface area contributed by atoms with Crippen molar-refractivity contribution in [3.63, 3.8) is 0 Å². The highest BCUT2D eigenvalue weighted by Gasteiger charge is 2.31. The number of benzene rings is 1. The molecule has 2 atom stereocenters. The van der Waals surface area contributed by atoms with Crippen LogP contribution in [0.2, 0.25) is 0 Å². The zero-order valence-corrected chi connectivity index (χ0v) is 14.6. The molecule has 6 heteroatoms. The Kier molecular flexibility index (Phi) is 4.97. The van der Waals surface area contributed by atoms with E-state index in [1.807, 2.05) is 18.4 Å². The lowest BCUT2D eigenvalue weighted by molar-refractivity contribution is -0.129. The zero-order chi connectivity index (χ0) is 17.1. The zero-order valence-electron chi connectivity index (χ0n) is 13.8. The fourth-order valence-electron chi connectivity index (χ4n) is 2.79. The van der Waals surface area contributed by atoms with Crippen LogP contribution in [-0.2, 0) is 4.79 Å². The number of aryl methyl sites for hydroxylation is 1. The van der Waals surface area contributed by atoms with E-state index in [9.17, 15) is 9.59 Å². The topological polar surface area (TPSA) is 61.4 Å². The minimum atomic E-state index is -0.456. The van der Waals surface area contributed by atoms with Gasteiger partial charge in [0.1, 0.15) is 0 Å². The Bertz CT molecular complexity index is 712. The predicted octanol–water partition coefficient (Wildman–Crippen LogP) is 2.68. The molecule has 3 rings (SSSR count). The quantitative estimate of drug-likeness (QED) is 0.877. The molecule has 1 aromatic heterocycles. The molecule has 0 bridgehead atoms. The molecule has 0 unspecified atom stereocenters. The fourth-order valence-corrected chi connectivity index (χ4v) is 3.61. The third kappa shape index (κ3) is 3.49. The van der Waals surface area contributed by atoms with Crippen LogP contribution in [0.25, 0.3) is 0 Å². The Labute approximate surface area is 145 Å². The number of imide groups is 1. The lowest BCUT2D eigenvalue weighted by Gasteiger charge is -2.25. The number of carbonyl (C=O) groups excluding carboxylic acids is 2. The number of hydrogen-bond acceptors (Lipinski definition) is 4. The van der Waals surface area contributed by atoms with Gasteiger partial charge in [0.25, 0.3) is 0 Å². The highest BCUT2D eigenvalue weighted by atomic mass is 32.1. The first-order valence-electron chi connectivity index (χ1n) is 8.01. The summed E-state index contributed by atoms with van der Waals surface area (Å²) >= 11 is 1.65. The monoisotopic (exact) mass is 343 g/mol. The van der Waals surface area contributed by atoms with Crippen molar-refractivity contribution in [1.82, 2.24) is 15.5 Å². The average molecular weight is 343 g/mol. The minimum Gasteiger partial charge on any atom is -0.336 e. The summed E-state index contributed by atoms with van der Waals surface area (Å²) in [5.74, 6) is -0.196. The number of hydrogen-bond donors (Lipinski definition) is 2. The van der Waals surface area contributed by atoms with E-state index in [2.05, 4.69) is 47.9 Å². The molecule has 126 valence electrons. The standard InChI is InChI=1S/C18H21N3O2S/c1-12-5-7-14(8-6-12)16(15-4-3-11-24-15)20-13(2)17(22)21-10-9-19-18(21)23/h3-8,11,13,16,20H,9-10H2,1-2H3,(H,19,23)/t13-,16-/m1/s1. The van der Waals surface area contributed by atoms with Gasteiger partial charge >= 0.3 is 6.03 Å². The molecule has 3 amide bonds. The first kappa shape index (κ1) is 16.7. The second kappa shape index (κ2) is 7.15. The molecule has 0 aliphatic carbocycles. The van der Waals surface area contributed by atoms with Gasteiger partial charge < -0.3 is 5.32 Å². The van der Waals surface area contributed by atoms with E-state index in [-0.39, 0.29) is 18.0 Å². The molecule has 1 saturated heterocycles. The van der Waals surface area contributed by atoms with Gasteiger partial charge in [0.15, 0.2) is 0 Å². The van der Waals surface area contributed by atoms with Gasteiger partial charge in [0, 0.05) is 18.0 Å². The number of nitrogens with one attached hydrogen (secondary N) is 2. The summed E-state index contributed by atoms with van der Waals surface area (Å²) in [4.78, 5) is 26.7. The van der Waals surface area contributed by atoms with Crippen molar-refractivity contribution >= 4 is 23.3 Å². The van der Waals surface area contributed by atoms with Crippen LogP contribution in [0, 0.1) is 6.92 Å². The molecular formula is C18H21N3O2S. The van der Waals surface area contributed by atoms with Gasteiger partial charge in [-0.25, -0.2) is 4.79 Å². The van der Waals surface area contributed by atoms with Crippen LogP contribution < -0.4 is 10.6 Å². The second-order valence-corrected chi connectivity index (χ2v) is 6.95. The molecule has 2 N–H and O–H groups in total. The van der Waals surface area contributed by atoms with Gasteiger partial charge in [-0.1, -0.05) is 35.9 Å². The first-order chi connectivity index (χ1) is 11.6. The maximum Gasteiger partial charge on any atom is 0.324 e. The minimum absolute atomic E-state index is 0.0739. The second-order valence-electron chi connectivity index (χ2n) is 5.97. The number of amides is 3. The van der Waals surface area contributed by atoms with E-state index in [0.29, 0.717) is 13.1 Å². The van der Waals surface area contributed by atoms with Crippen LogP contribution in [-0.4, -0.2) is 36.0 Å². The number of rotatable bonds is 5. The van der Waals surface area contributed by atoms with Gasteiger partial charge in [0.05, 0.1) is 12.1 Å². The van der Waals surface area contributed by atoms with Crippen LogP contribution in [0.4, 0.5) is 4.79 Å². The maximum atomic E-state index is 12.6. The lowest BCUT2D eigenvalue weighted by atomic mass is 10.0. The molecule has 1 aliphatic rings. The molecule has 1 aromatic carbocycles. The molecule has 24 heavy (non-hydrogen) atoms. The van der Waals surface area contributed by atoms with Crippen LogP contribution in [0.3, 0.4) is 0 Å². The van der Waals surface area contributed by atoms with Gasteiger partial charge in [-0.15, -0.1) is 11.3 Å². The SMILES string of the molecule is Cc1ccc([C@@H](N[C@H](C)C(=O)N2CCNC2=O)c2cccs2)cc1. The number of nitrogens with zero attached hydrogens (tertiary/aromatic N) is 1. The summed E-state index contributed by atoms with van der Waals surface area (Å²) in [6, 6.07) is 11.5. The van der Waals surface area contributed by atoms with Crippen LogP contribution in [0.5, 0.6) is 0 Å². The van der Waals surface area contributed by atoms with Crippen molar-refractivity contribution in [2.24, 2.45) is 0 Å². The average Bonchev–Trinajstić information content (AvgIpc) is 3.24. The molecule has 2 heterocycles. The van der Waals surface area contributed by atoms with Crippen molar-refractivity contribution in [3.8, 4) is 0 Å². The van der Waals surface area contributed by atoms with Crippen molar-refractivity contribution in [2.75, 3.05) is 13.1 Å². The Balaban J connectivity index is 1.80. The van der Waals surface area contributed by atoms with E-state index < -0.39 is 6.04 Å². The molecule has 1 aliphatic heterocycles. The number of urea groups is 1. The normalized spacial score (nSPS) is 16.8. The summed E-state index contributed by atoms with van der Waals surface area (Å²) in [5.41, 5.74) is 2.30. The van der Waals surface area contributed by atoms with Crippen molar-refractivity contribution < 1.29 is 9.59 Å². The fraction of sp³-hybridized carbons (Fsp3) is 0.333. The Morgan fingerprint density at radius 1 is 1.29 bits per heavy atom. The summed E-state index contributed by atoms with van der Waals surface area (Å²) in [7, 11) is 0. The van der Waals surface area contributed by atoms with Crippen LogP contribution >= 0.6 is 11.3 Å². The smallest absolute Gasteiger partial charge is 0.324 e. The number of thiophene rings is 1. The van der Waals surface area contributed by atoms with Gasteiger partial charge in [-0.3, -0.25) is 15.0 Å². The van der Waals surface area contributed by atoms with E-state index in [4.69, 9.17) is 0 Å². The Morgan fingerprint density at radius 2 is 2.04 bits per heavy atom. The molecule has 0 spiro atoms. The van der Waals surface area contributed by atoms with E-state index in [1.54, 1.807) is 11.3 Å². The number of carbonyl (C=O) groups is 2. The largest absolute Gasteiger partial charge is 0.336 e. The predicted molar refractivity (Wildman–Crippen MR) is 95.1 cm³/mol. The van der Waals surface area contributed by atoms with Gasteiger partial charge in [-0.2, -0.15) is 0 Å². The summed E-state index contributed by atoms with van der Waals surface area (Å²) in [5, 5.41) is 8.08. The van der Waals surface area contributed by atoms with E-state index in [0.717, 1.165) is 10.4 Å². The van der Waals surface area contributed by atoms with E-state index in [1.165, 1.54) is 10.5 Å². The lowest BCUT2D eigenvalue weighted by Crippen LogP contribution is -2.47. The summed E-state index contributed by atoms with van der Waals surface area (Å²) < 4.78 is 0. The molecule has 1 fully saturated rings. The highest BCUT2D eigenvalue weighted by Crippen LogP contribution is 2.27. The molecule has 0 saturated carbocycles. The first-order valence-corrected chi connectivity index (χ1v) is 8.89. The molecular weight excluding hydrogens is 322 g/mol. The van der Waals surface area contributed by atoms with Gasteiger partial charge in [-0.05, 0) is 30.9 Å². The van der Waals surface area contributed by atoms with Crippen LogP contribution in [0.15, 0.2) is 41.8 Å². The third-order valence-corrected chi connectivity index (χ3v) is 5.09. The summed E-state index contributed by atoms with van der Waals surface area (Å²) in [6.07, 6.45) is 0. The van der Waals surface area contributed by atoms with Crippen molar-refractivity contribution in [3.05, 3.63) is 57.8 Å². The maximum absolute atomic E-state index is 12.6. The van der Waals surface area contributed by atoms with Crippen LogP contribution in [0.1, 0.15) is 29.0 Å². The Morgan fingerprint density at radius 3 is 2.62 bits per heavy atom. The summed E-state index contributed by atoms with van der Waals surface area (Å²) in [6.45, 7) is 4.81. The highest BCUT2D eigenvalue weighted by molar-refractivity contribution is 7.10. The third-order valence-electron chi connectivity index (χ3n) is 4.15. The van der Waals surface area contributed by atoms with Gasteiger partial charge in [0.2, 0.25) is 5.91 Å². The molecule has 0 radical (unpaired) electrons. The van der Waals surface area contributed by atoms with Crippen molar-refractivity contribution in [1.29, 1.82) is 0 Å². The Hall–Kier alpha value is -2.18.